The largest absolute Gasteiger partial charge is 0.442 e. The summed E-state index contributed by atoms with van der Waals surface area (Å²) in [5.41, 5.74) is 1.90. The van der Waals surface area contributed by atoms with Crippen LogP contribution in [0.1, 0.15) is 15.9 Å². The minimum Gasteiger partial charge on any atom is -0.442 e. The van der Waals surface area contributed by atoms with Crippen molar-refractivity contribution in [3.8, 4) is 0 Å². The average molecular weight is 260 g/mol. The molecule has 19 heavy (non-hydrogen) atoms. The first-order valence-electron chi connectivity index (χ1n) is 5.98. The molecule has 0 spiro atoms. The maximum absolute atomic E-state index is 12.0. The highest BCUT2D eigenvalue weighted by molar-refractivity contribution is 6.52. The van der Waals surface area contributed by atoms with Gasteiger partial charge in [0.15, 0.2) is 0 Å². The summed E-state index contributed by atoms with van der Waals surface area (Å²) in [4.78, 5) is 36.3. The second kappa shape index (κ2) is 4.08. The number of hydrogen-bond acceptors (Lipinski definition) is 4. The molecule has 1 aromatic carbocycles. The summed E-state index contributed by atoms with van der Waals surface area (Å²) >= 11 is 0. The minimum atomic E-state index is -0.563. The summed E-state index contributed by atoms with van der Waals surface area (Å²) in [5.74, 6) is -1.07. The van der Waals surface area contributed by atoms with Crippen molar-refractivity contribution in [3.05, 3.63) is 29.3 Å². The molecule has 1 atom stereocenters. The molecule has 1 aromatic rings. The fraction of sp³-hybridized carbons (Fsp3) is 0.308. The second-order valence-corrected chi connectivity index (χ2v) is 4.62. The van der Waals surface area contributed by atoms with Gasteiger partial charge in [0.2, 0.25) is 0 Å². The lowest BCUT2D eigenvalue weighted by Crippen LogP contribution is -2.38. The Hall–Kier alpha value is -2.37. The number of amides is 2. The normalized spacial score (nSPS) is 21.4. The van der Waals surface area contributed by atoms with Gasteiger partial charge in [-0.15, -0.1) is 0 Å². The number of cyclic esters (lactones) is 1. The Morgan fingerprint density at radius 2 is 2.16 bits per heavy atom. The maximum atomic E-state index is 12.0. The molecular weight excluding hydrogens is 248 g/mol. The van der Waals surface area contributed by atoms with Crippen molar-refractivity contribution in [3.63, 3.8) is 0 Å². The molecule has 1 unspecified atom stereocenters. The Morgan fingerprint density at radius 1 is 1.37 bits per heavy atom. The van der Waals surface area contributed by atoms with Crippen LogP contribution in [-0.4, -0.2) is 37.0 Å². The molecule has 6 nitrogen and oxygen atoms in total. The standard InChI is InChI=1S/C13H12N2O4/c1-7-3-2-4-9-10(7)15(12(17)11(9)16)6-8-5-14-13(18)19-8/h2-4,8H,5-6H2,1H3,(H,14,18). The number of nitrogens with zero attached hydrogens (tertiary/aromatic N) is 1. The topological polar surface area (TPSA) is 75.7 Å². The quantitative estimate of drug-likeness (QED) is 0.791. The smallest absolute Gasteiger partial charge is 0.407 e. The van der Waals surface area contributed by atoms with E-state index in [1.54, 1.807) is 12.1 Å². The van der Waals surface area contributed by atoms with Crippen LogP contribution in [-0.2, 0) is 9.53 Å². The summed E-state index contributed by atoms with van der Waals surface area (Å²) in [5, 5.41) is 2.52. The molecule has 6 heteroatoms. The minimum absolute atomic E-state index is 0.196. The molecule has 0 aliphatic carbocycles. The Kier molecular flexibility index (Phi) is 2.51. The number of benzene rings is 1. The van der Waals surface area contributed by atoms with E-state index in [2.05, 4.69) is 5.32 Å². The third kappa shape index (κ3) is 1.76. The number of ketones is 1. The number of rotatable bonds is 2. The number of para-hydroxylation sites is 1. The monoisotopic (exact) mass is 260 g/mol. The van der Waals surface area contributed by atoms with E-state index >= 15 is 0 Å². The number of anilines is 1. The van der Waals surface area contributed by atoms with Crippen LogP contribution in [0, 0.1) is 6.92 Å². The third-order valence-electron chi connectivity index (χ3n) is 3.33. The van der Waals surface area contributed by atoms with Gasteiger partial charge in [0.25, 0.3) is 11.7 Å². The zero-order chi connectivity index (χ0) is 13.6. The van der Waals surface area contributed by atoms with E-state index in [0.29, 0.717) is 17.8 Å². The Balaban J connectivity index is 1.93. The lowest BCUT2D eigenvalue weighted by molar-refractivity contribution is -0.114. The number of fused-ring (bicyclic) bond motifs is 1. The van der Waals surface area contributed by atoms with Crippen molar-refractivity contribution in [2.45, 2.75) is 13.0 Å². The molecule has 1 N–H and O–H groups in total. The number of nitrogens with one attached hydrogen (secondary N) is 1. The summed E-state index contributed by atoms with van der Waals surface area (Å²) < 4.78 is 5.01. The fourth-order valence-electron chi connectivity index (χ4n) is 2.45. The molecule has 0 aromatic heterocycles. The van der Waals surface area contributed by atoms with Crippen molar-refractivity contribution in [2.75, 3.05) is 18.0 Å². The van der Waals surface area contributed by atoms with E-state index in [1.807, 2.05) is 13.0 Å². The van der Waals surface area contributed by atoms with Crippen molar-refractivity contribution < 1.29 is 19.1 Å². The number of Topliss-reactive ketones (excluding diaryl/α,β-unsaturated/α-hetero) is 1. The number of hydrogen-bond donors (Lipinski definition) is 1. The van der Waals surface area contributed by atoms with Crippen LogP contribution in [0.15, 0.2) is 18.2 Å². The van der Waals surface area contributed by atoms with Gasteiger partial charge in [-0.2, -0.15) is 0 Å². The van der Waals surface area contributed by atoms with E-state index in [4.69, 9.17) is 4.74 Å². The summed E-state index contributed by atoms with van der Waals surface area (Å²) in [6.45, 7) is 2.38. The molecule has 1 fully saturated rings. The van der Waals surface area contributed by atoms with Gasteiger partial charge in [-0.05, 0) is 18.6 Å². The third-order valence-corrected chi connectivity index (χ3v) is 3.33. The first-order chi connectivity index (χ1) is 9.08. The van der Waals surface area contributed by atoms with Crippen LogP contribution in [0.4, 0.5) is 10.5 Å². The summed E-state index contributed by atoms with van der Waals surface area (Å²) in [6, 6.07) is 5.23. The van der Waals surface area contributed by atoms with E-state index in [0.717, 1.165) is 5.56 Å². The molecule has 1 saturated heterocycles. The highest BCUT2D eigenvalue weighted by atomic mass is 16.6. The van der Waals surface area contributed by atoms with Gasteiger partial charge in [0, 0.05) is 0 Å². The van der Waals surface area contributed by atoms with Crippen LogP contribution in [0.3, 0.4) is 0 Å². The SMILES string of the molecule is Cc1cccc2c1N(CC1CNC(=O)O1)C(=O)C2=O. The lowest BCUT2D eigenvalue weighted by atomic mass is 10.1. The molecule has 2 aliphatic heterocycles. The van der Waals surface area contributed by atoms with Crippen LogP contribution < -0.4 is 10.2 Å². The van der Waals surface area contributed by atoms with E-state index in [1.165, 1.54) is 4.90 Å². The Bertz CT molecular complexity index is 596. The molecule has 3 rings (SSSR count). The van der Waals surface area contributed by atoms with Gasteiger partial charge < -0.3 is 15.0 Å². The first-order valence-corrected chi connectivity index (χ1v) is 5.98. The van der Waals surface area contributed by atoms with Gasteiger partial charge in [-0.1, -0.05) is 12.1 Å². The Morgan fingerprint density at radius 3 is 2.84 bits per heavy atom. The number of carbonyl (C=O) groups is 3. The number of ether oxygens (including phenoxy) is 1. The molecule has 0 radical (unpaired) electrons. The van der Waals surface area contributed by atoms with Crippen LogP contribution in [0.2, 0.25) is 0 Å². The van der Waals surface area contributed by atoms with Crippen molar-refractivity contribution in [1.29, 1.82) is 0 Å². The van der Waals surface area contributed by atoms with Gasteiger partial charge >= 0.3 is 6.09 Å². The average Bonchev–Trinajstić information content (AvgIpc) is 2.89. The van der Waals surface area contributed by atoms with Crippen LogP contribution >= 0.6 is 0 Å². The van der Waals surface area contributed by atoms with Gasteiger partial charge in [-0.25, -0.2) is 4.79 Å². The molecule has 0 bridgehead atoms. The lowest BCUT2D eigenvalue weighted by Gasteiger charge is -2.20. The fourth-order valence-corrected chi connectivity index (χ4v) is 2.45. The number of aryl methyl sites for hydroxylation is 1. The zero-order valence-corrected chi connectivity index (χ0v) is 10.3. The summed E-state index contributed by atoms with van der Waals surface area (Å²) in [6.07, 6.45) is -0.914. The molecular formula is C13H12N2O4. The first kappa shape index (κ1) is 11.7. The highest BCUT2D eigenvalue weighted by Crippen LogP contribution is 2.32. The van der Waals surface area contributed by atoms with Crippen molar-refractivity contribution in [1.82, 2.24) is 5.32 Å². The molecule has 2 heterocycles. The highest BCUT2D eigenvalue weighted by Gasteiger charge is 2.39. The number of carbonyl (C=O) groups excluding carboxylic acids is 3. The maximum Gasteiger partial charge on any atom is 0.407 e. The van der Waals surface area contributed by atoms with Gasteiger partial charge in [-0.3, -0.25) is 9.59 Å². The van der Waals surface area contributed by atoms with E-state index in [9.17, 15) is 14.4 Å². The van der Waals surface area contributed by atoms with Crippen molar-refractivity contribution >= 4 is 23.5 Å². The van der Waals surface area contributed by atoms with E-state index in [-0.39, 0.29) is 6.54 Å². The number of alkyl carbamates (subject to hydrolysis) is 1. The molecule has 98 valence electrons. The van der Waals surface area contributed by atoms with Crippen LogP contribution in [0.25, 0.3) is 0 Å². The Labute approximate surface area is 109 Å². The van der Waals surface area contributed by atoms with Gasteiger partial charge in [0.1, 0.15) is 6.10 Å². The predicted octanol–water partition coefficient (Wildman–Crippen LogP) is 0.633. The molecule has 2 amide bonds. The molecule has 2 aliphatic rings. The van der Waals surface area contributed by atoms with E-state index < -0.39 is 23.9 Å². The van der Waals surface area contributed by atoms with Crippen LogP contribution in [0.5, 0.6) is 0 Å². The molecule has 0 saturated carbocycles. The summed E-state index contributed by atoms with van der Waals surface area (Å²) in [7, 11) is 0. The van der Waals surface area contributed by atoms with Crippen molar-refractivity contribution in [2.24, 2.45) is 0 Å². The van der Waals surface area contributed by atoms with Gasteiger partial charge in [0.05, 0.1) is 24.3 Å². The predicted molar refractivity (Wildman–Crippen MR) is 66.1 cm³/mol. The second-order valence-electron chi connectivity index (χ2n) is 4.62. The zero-order valence-electron chi connectivity index (χ0n) is 10.3.